The molecule has 6 nitrogen and oxygen atoms in total. The maximum atomic E-state index is 13.4. The van der Waals surface area contributed by atoms with Gasteiger partial charge in [0.05, 0.1) is 6.61 Å². The summed E-state index contributed by atoms with van der Waals surface area (Å²) in [6.45, 7) is 0.643. The van der Waals surface area contributed by atoms with Crippen molar-refractivity contribution in [2.24, 2.45) is 0 Å². The van der Waals surface area contributed by atoms with Crippen molar-refractivity contribution in [2.45, 2.75) is 12.8 Å². The van der Waals surface area contributed by atoms with Gasteiger partial charge in [0.25, 0.3) is 5.91 Å². The molecule has 1 aliphatic heterocycles. The molecule has 5 rings (SSSR count). The van der Waals surface area contributed by atoms with Gasteiger partial charge in [0.1, 0.15) is 17.1 Å². The Hall–Kier alpha value is -4.06. The van der Waals surface area contributed by atoms with Crippen LogP contribution < -0.4 is 9.47 Å². The number of aryl methyl sites for hydroxylation is 1. The van der Waals surface area contributed by atoms with Crippen molar-refractivity contribution in [2.75, 3.05) is 27.3 Å². The van der Waals surface area contributed by atoms with Gasteiger partial charge in [-0.3, -0.25) is 9.59 Å². The van der Waals surface area contributed by atoms with Crippen LogP contribution in [0, 0.1) is 0 Å². The number of carbonyl (C=O) groups is 2. The average molecular weight is 456 g/mol. The summed E-state index contributed by atoms with van der Waals surface area (Å²) in [4.78, 5) is 26.8. The number of likely N-dealkylation sites (N-methyl/N-ethyl adjacent to an activating group) is 1. The highest BCUT2D eigenvalue weighted by Gasteiger charge is 2.25. The predicted octanol–water partition coefficient (Wildman–Crippen LogP) is 5.12. The Morgan fingerprint density at radius 1 is 1.00 bits per heavy atom. The fraction of sp³-hybridized carbons (Fsp3) is 0.214. The summed E-state index contributed by atoms with van der Waals surface area (Å²) in [5, 5.41) is 0.875. The molecule has 34 heavy (non-hydrogen) atoms. The standard InChI is InChI=1S/C28H25NO5/c1-29(2)25(30)17-33-21-12-10-18(11-13-21)26-22-15-20-9-6-14-32-23(20)16-24(22)34-28(26)27(31)19-7-4-3-5-8-19/h3-5,7-8,10-13,15-16H,6,9,14,17H2,1-2H3. The Kier molecular flexibility index (Phi) is 5.80. The van der Waals surface area contributed by atoms with Gasteiger partial charge in [0, 0.05) is 36.7 Å². The summed E-state index contributed by atoms with van der Waals surface area (Å²) in [5.41, 5.74) is 3.87. The van der Waals surface area contributed by atoms with E-state index in [1.165, 1.54) is 4.90 Å². The summed E-state index contributed by atoms with van der Waals surface area (Å²) in [6, 6.07) is 20.5. The monoisotopic (exact) mass is 455 g/mol. The van der Waals surface area contributed by atoms with Crippen LogP contribution in [0.1, 0.15) is 28.1 Å². The highest BCUT2D eigenvalue weighted by atomic mass is 16.5. The number of furan rings is 1. The van der Waals surface area contributed by atoms with Gasteiger partial charge in [-0.25, -0.2) is 0 Å². The maximum Gasteiger partial charge on any atom is 0.259 e. The van der Waals surface area contributed by atoms with Crippen molar-refractivity contribution in [3.05, 3.63) is 83.6 Å². The van der Waals surface area contributed by atoms with Crippen molar-refractivity contribution < 1.29 is 23.5 Å². The number of hydrogen-bond donors (Lipinski definition) is 0. The van der Waals surface area contributed by atoms with Crippen molar-refractivity contribution in [1.82, 2.24) is 4.90 Å². The maximum absolute atomic E-state index is 13.4. The Balaban J connectivity index is 1.58. The van der Waals surface area contributed by atoms with Crippen LogP contribution in [0.2, 0.25) is 0 Å². The Labute approximate surface area is 197 Å². The van der Waals surface area contributed by atoms with Gasteiger partial charge in [0.15, 0.2) is 12.4 Å². The third-order valence-electron chi connectivity index (χ3n) is 5.97. The highest BCUT2D eigenvalue weighted by molar-refractivity contribution is 6.15. The molecule has 0 N–H and O–H groups in total. The summed E-state index contributed by atoms with van der Waals surface area (Å²) in [5.74, 6) is 1.38. The lowest BCUT2D eigenvalue weighted by Gasteiger charge is -2.16. The highest BCUT2D eigenvalue weighted by Crippen LogP contribution is 2.40. The molecule has 1 amide bonds. The molecule has 0 saturated carbocycles. The van der Waals surface area contributed by atoms with Crippen molar-refractivity contribution in [3.8, 4) is 22.6 Å². The van der Waals surface area contributed by atoms with Crippen molar-refractivity contribution in [3.63, 3.8) is 0 Å². The number of ketones is 1. The molecule has 4 aromatic rings. The number of nitrogens with zero attached hydrogens (tertiary/aromatic N) is 1. The van der Waals surface area contributed by atoms with E-state index in [4.69, 9.17) is 13.9 Å². The van der Waals surface area contributed by atoms with E-state index in [2.05, 4.69) is 6.07 Å². The number of carbonyl (C=O) groups excluding carboxylic acids is 2. The second-order valence-corrected chi connectivity index (χ2v) is 8.51. The molecule has 3 aromatic carbocycles. The van der Waals surface area contributed by atoms with E-state index < -0.39 is 0 Å². The number of ether oxygens (including phenoxy) is 2. The fourth-order valence-electron chi connectivity index (χ4n) is 4.10. The van der Waals surface area contributed by atoms with Crippen molar-refractivity contribution in [1.29, 1.82) is 0 Å². The van der Waals surface area contributed by atoms with Crippen LogP contribution in [0.15, 0.2) is 71.1 Å². The van der Waals surface area contributed by atoms with Crippen LogP contribution in [-0.2, 0) is 11.2 Å². The van der Waals surface area contributed by atoms with Crippen LogP contribution in [0.3, 0.4) is 0 Å². The minimum absolute atomic E-state index is 0.0368. The molecule has 0 atom stereocenters. The average Bonchev–Trinajstić information content (AvgIpc) is 3.24. The van der Waals surface area contributed by atoms with Gasteiger partial charge in [-0.2, -0.15) is 0 Å². The lowest BCUT2D eigenvalue weighted by atomic mass is 9.95. The molecule has 6 heteroatoms. The molecule has 0 fully saturated rings. The zero-order valence-electron chi connectivity index (χ0n) is 19.2. The van der Waals surface area contributed by atoms with Gasteiger partial charge >= 0.3 is 0 Å². The van der Waals surface area contributed by atoms with E-state index in [0.717, 1.165) is 40.7 Å². The first kappa shape index (κ1) is 21.8. The summed E-state index contributed by atoms with van der Waals surface area (Å²) in [7, 11) is 3.38. The largest absolute Gasteiger partial charge is 0.493 e. The Morgan fingerprint density at radius 2 is 1.76 bits per heavy atom. The van der Waals surface area contributed by atoms with E-state index in [-0.39, 0.29) is 18.3 Å². The lowest BCUT2D eigenvalue weighted by Crippen LogP contribution is -2.27. The van der Waals surface area contributed by atoms with Crippen LogP contribution in [0.25, 0.3) is 22.1 Å². The van der Waals surface area contributed by atoms with Crippen molar-refractivity contribution >= 4 is 22.7 Å². The fourth-order valence-corrected chi connectivity index (χ4v) is 4.10. The molecular weight excluding hydrogens is 430 g/mol. The summed E-state index contributed by atoms with van der Waals surface area (Å²) in [6.07, 6.45) is 1.88. The minimum Gasteiger partial charge on any atom is -0.493 e. The molecular formula is C28H25NO5. The molecule has 0 spiro atoms. The van der Waals surface area contributed by atoms with Crippen LogP contribution in [0.4, 0.5) is 0 Å². The third-order valence-corrected chi connectivity index (χ3v) is 5.97. The number of amides is 1. The number of rotatable bonds is 6. The molecule has 1 aliphatic rings. The molecule has 2 heterocycles. The zero-order chi connectivity index (χ0) is 23.7. The topological polar surface area (TPSA) is 69.0 Å². The summed E-state index contributed by atoms with van der Waals surface area (Å²) < 4.78 is 17.6. The van der Waals surface area contributed by atoms with Gasteiger partial charge in [-0.15, -0.1) is 0 Å². The van der Waals surface area contributed by atoms with Gasteiger partial charge in [0.2, 0.25) is 5.78 Å². The van der Waals surface area contributed by atoms with E-state index in [1.807, 2.05) is 36.4 Å². The van der Waals surface area contributed by atoms with E-state index in [0.29, 0.717) is 29.3 Å². The molecule has 0 saturated heterocycles. The van der Waals surface area contributed by atoms with E-state index in [9.17, 15) is 9.59 Å². The Bertz CT molecular complexity index is 1350. The smallest absolute Gasteiger partial charge is 0.259 e. The zero-order valence-corrected chi connectivity index (χ0v) is 19.2. The molecule has 0 aliphatic carbocycles. The van der Waals surface area contributed by atoms with Crippen LogP contribution in [0.5, 0.6) is 11.5 Å². The van der Waals surface area contributed by atoms with Crippen LogP contribution in [-0.4, -0.2) is 43.9 Å². The lowest BCUT2D eigenvalue weighted by molar-refractivity contribution is -0.130. The van der Waals surface area contributed by atoms with Crippen LogP contribution >= 0.6 is 0 Å². The quantitative estimate of drug-likeness (QED) is 0.377. The molecule has 0 unspecified atom stereocenters. The van der Waals surface area contributed by atoms with Gasteiger partial charge in [-0.05, 0) is 42.2 Å². The number of fused-ring (bicyclic) bond motifs is 2. The number of hydrogen-bond acceptors (Lipinski definition) is 5. The predicted molar refractivity (Wildman–Crippen MR) is 130 cm³/mol. The van der Waals surface area contributed by atoms with E-state index >= 15 is 0 Å². The minimum atomic E-state index is -0.178. The van der Waals surface area contributed by atoms with E-state index in [1.54, 1.807) is 38.4 Å². The van der Waals surface area contributed by atoms with Gasteiger partial charge in [-0.1, -0.05) is 42.5 Å². The Morgan fingerprint density at radius 3 is 2.50 bits per heavy atom. The summed E-state index contributed by atoms with van der Waals surface area (Å²) >= 11 is 0. The molecule has 0 radical (unpaired) electrons. The first-order chi connectivity index (χ1) is 16.5. The molecule has 0 bridgehead atoms. The first-order valence-electron chi connectivity index (χ1n) is 11.3. The second kappa shape index (κ2) is 9.06. The first-order valence-corrected chi connectivity index (χ1v) is 11.3. The third kappa shape index (κ3) is 4.15. The normalized spacial score (nSPS) is 12.6. The molecule has 172 valence electrons. The van der Waals surface area contributed by atoms with Gasteiger partial charge < -0.3 is 18.8 Å². The molecule has 1 aromatic heterocycles. The second-order valence-electron chi connectivity index (χ2n) is 8.51. The number of benzene rings is 3. The SMILES string of the molecule is CN(C)C(=O)COc1ccc(-c2c(C(=O)c3ccccc3)oc3cc4c(cc23)CCCO4)cc1.